The third-order valence-corrected chi connectivity index (χ3v) is 2.59. The number of hydrogen-bond donors (Lipinski definition) is 3. The standard InChI is InChI=1S/C12H14N6O2/c13-6-9(19)15-12-10(11(14)20)16-17-18(12)7-8-4-2-1-3-5-8/h1-5H,6-7,13H2,(H2,14,20)(H,15,19). The van der Waals surface area contributed by atoms with Crippen LogP contribution < -0.4 is 16.8 Å². The molecular weight excluding hydrogens is 260 g/mol. The van der Waals surface area contributed by atoms with Crippen LogP contribution in [0.25, 0.3) is 0 Å². The third kappa shape index (κ3) is 2.98. The molecule has 2 aromatic rings. The van der Waals surface area contributed by atoms with Gasteiger partial charge in [-0.05, 0) is 5.56 Å². The summed E-state index contributed by atoms with van der Waals surface area (Å²) in [4.78, 5) is 22.7. The molecule has 1 aromatic heterocycles. The number of carbonyl (C=O) groups excluding carboxylic acids is 2. The fourth-order valence-corrected chi connectivity index (χ4v) is 1.65. The van der Waals surface area contributed by atoms with Gasteiger partial charge < -0.3 is 16.8 Å². The van der Waals surface area contributed by atoms with Gasteiger partial charge in [-0.1, -0.05) is 35.5 Å². The normalized spacial score (nSPS) is 10.2. The predicted octanol–water partition coefficient (Wildman–Crippen LogP) is -0.677. The summed E-state index contributed by atoms with van der Waals surface area (Å²) in [6, 6.07) is 9.41. The fraction of sp³-hybridized carbons (Fsp3) is 0.167. The Morgan fingerprint density at radius 2 is 1.95 bits per heavy atom. The molecule has 8 nitrogen and oxygen atoms in total. The first-order valence-corrected chi connectivity index (χ1v) is 5.89. The largest absolute Gasteiger partial charge is 0.364 e. The van der Waals surface area contributed by atoms with E-state index in [0.717, 1.165) is 5.56 Å². The van der Waals surface area contributed by atoms with Crippen LogP contribution in [0.3, 0.4) is 0 Å². The van der Waals surface area contributed by atoms with E-state index in [4.69, 9.17) is 11.5 Å². The van der Waals surface area contributed by atoms with Gasteiger partial charge in [0.25, 0.3) is 5.91 Å². The molecule has 104 valence electrons. The van der Waals surface area contributed by atoms with Crippen molar-refractivity contribution in [1.29, 1.82) is 0 Å². The van der Waals surface area contributed by atoms with Crippen LogP contribution in [0.2, 0.25) is 0 Å². The number of benzene rings is 1. The van der Waals surface area contributed by atoms with Crippen LogP contribution >= 0.6 is 0 Å². The molecule has 0 unspecified atom stereocenters. The molecule has 0 saturated carbocycles. The average Bonchev–Trinajstić information content (AvgIpc) is 2.83. The number of hydrogen-bond acceptors (Lipinski definition) is 5. The highest BCUT2D eigenvalue weighted by Gasteiger charge is 2.19. The van der Waals surface area contributed by atoms with Crippen molar-refractivity contribution in [2.75, 3.05) is 11.9 Å². The Kier molecular flexibility index (Phi) is 4.06. The minimum absolute atomic E-state index is 0.0947. The van der Waals surface area contributed by atoms with E-state index < -0.39 is 11.8 Å². The van der Waals surface area contributed by atoms with Gasteiger partial charge in [-0.3, -0.25) is 9.59 Å². The van der Waals surface area contributed by atoms with Crippen molar-refractivity contribution >= 4 is 17.6 Å². The third-order valence-electron chi connectivity index (χ3n) is 2.59. The van der Waals surface area contributed by atoms with Gasteiger partial charge in [0.15, 0.2) is 11.5 Å². The summed E-state index contributed by atoms with van der Waals surface area (Å²) < 4.78 is 1.39. The van der Waals surface area contributed by atoms with Crippen LogP contribution in [-0.2, 0) is 11.3 Å². The number of carbonyl (C=O) groups is 2. The van der Waals surface area contributed by atoms with E-state index in [1.165, 1.54) is 4.68 Å². The average molecular weight is 274 g/mol. The lowest BCUT2D eigenvalue weighted by atomic mass is 10.2. The maximum atomic E-state index is 11.4. The predicted molar refractivity (Wildman–Crippen MR) is 71.8 cm³/mol. The summed E-state index contributed by atoms with van der Waals surface area (Å²) in [7, 11) is 0. The van der Waals surface area contributed by atoms with Crippen molar-refractivity contribution < 1.29 is 9.59 Å². The van der Waals surface area contributed by atoms with E-state index in [1.807, 2.05) is 30.3 Å². The lowest BCUT2D eigenvalue weighted by molar-refractivity contribution is -0.114. The molecule has 2 rings (SSSR count). The molecule has 0 saturated heterocycles. The van der Waals surface area contributed by atoms with Crippen LogP contribution in [0.1, 0.15) is 16.1 Å². The van der Waals surface area contributed by atoms with Crippen LogP contribution in [0.5, 0.6) is 0 Å². The molecular formula is C12H14N6O2. The lowest BCUT2D eigenvalue weighted by Gasteiger charge is -2.08. The van der Waals surface area contributed by atoms with Crippen molar-refractivity contribution in [2.45, 2.75) is 6.54 Å². The maximum Gasteiger partial charge on any atom is 0.273 e. The Morgan fingerprint density at radius 3 is 2.55 bits per heavy atom. The first kappa shape index (κ1) is 13.7. The van der Waals surface area contributed by atoms with Crippen molar-refractivity contribution in [3.63, 3.8) is 0 Å². The number of aromatic nitrogens is 3. The summed E-state index contributed by atoms with van der Waals surface area (Å²) in [5.41, 5.74) is 11.3. The fourth-order valence-electron chi connectivity index (χ4n) is 1.65. The summed E-state index contributed by atoms with van der Waals surface area (Å²) in [6.07, 6.45) is 0. The van der Waals surface area contributed by atoms with Gasteiger partial charge in [0, 0.05) is 0 Å². The molecule has 1 aromatic carbocycles. The van der Waals surface area contributed by atoms with Gasteiger partial charge >= 0.3 is 0 Å². The van der Waals surface area contributed by atoms with Gasteiger partial charge in [-0.2, -0.15) is 0 Å². The number of amides is 2. The Hall–Kier alpha value is -2.74. The van der Waals surface area contributed by atoms with Crippen LogP contribution in [-0.4, -0.2) is 33.4 Å². The zero-order valence-electron chi connectivity index (χ0n) is 10.6. The Balaban J connectivity index is 2.32. The Labute approximate surface area is 114 Å². The molecule has 0 radical (unpaired) electrons. The van der Waals surface area contributed by atoms with Crippen molar-refractivity contribution in [2.24, 2.45) is 11.5 Å². The number of anilines is 1. The molecule has 0 atom stereocenters. The zero-order valence-corrected chi connectivity index (χ0v) is 10.6. The van der Waals surface area contributed by atoms with Crippen LogP contribution in [0.15, 0.2) is 30.3 Å². The molecule has 0 aliphatic carbocycles. The molecule has 1 heterocycles. The van der Waals surface area contributed by atoms with Crippen LogP contribution in [0, 0.1) is 0 Å². The summed E-state index contributed by atoms with van der Waals surface area (Å²) in [6.45, 7) is 0.135. The number of nitrogens with one attached hydrogen (secondary N) is 1. The van der Waals surface area contributed by atoms with Gasteiger partial charge in [-0.25, -0.2) is 4.68 Å². The topological polar surface area (TPSA) is 129 Å². The molecule has 5 N–H and O–H groups in total. The smallest absolute Gasteiger partial charge is 0.273 e. The highest BCUT2D eigenvalue weighted by molar-refractivity contribution is 6.00. The minimum Gasteiger partial charge on any atom is -0.364 e. The highest BCUT2D eigenvalue weighted by Crippen LogP contribution is 2.14. The second-order valence-electron chi connectivity index (χ2n) is 4.05. The molecule has 8 heteroatoms. The Bertz CT molecular complexity index is 622. The van der Waals surface area contributed by atoms with E-state index in [1.54, 1.807) is 0 Å². The van der Waals surface area contributed by atoms with E-state index in [9.17, 15) is 9.59 Å². The molecule has 0 fully saturated rings. The van der Waals surface area contributed by atoms with Crippen LogP contribution in [0.4, 0.5) is 5.82 Å². The second-order valence-corrected chi connectivity index (χ2v) is 4.05. The van der Waals surface area contributed by atoms with E-state index in [-0.39, 0.29) is 18.1 Å². The lowest BCUT2D eigenvalue weighted by Crippen LogP contribution is -2.25. The second kappa shape index (κ2) is 5.93. The van der Waals surface area contributed by atoms with Crippen molar-refractivity contribution in [1.82, 2.24) is 15.0 Å². The monoisotopic (exact) mass is 274 g/mol. The maximum absolute atomic E-state index is 11.4. The van der Waals surface area contributed by atoms with Gasteiger partial charge in [0.2, 0.25) is 5.91 Å². The van der Waals surface area contributed by atoms with Crippen molar-refractivity contribution in [3.05, 3.63) is 41.6 Å². The highest BCUT2D eigenvalue weighted by atomic mass is 16.2. The quantitative estimate of drug-likeness (QED) is 0.665. The molecule has 0 aliphatic rings. The molecule has 0 bridgehead atoms. The van der Waals surface area contributed by atoms with Crippen molar-refractivity contribution in [3.8, 4) is 0 Å². The van der Waals surface area contributed by atoms with E-state index in [2.05, 4.69) is 15.6 Å². The number of nitrogens with two attached hydrogens (primary N) is 2. The van der Waals surface area contributed by atoms with Gasteiger partial charge in [0.05, 0.1) is 13.1 Å². The molecule has 2 amide bonds. The SMILES string of the molecule is NCC(=O)Nc1c(C(N)=O)nnn1Cc1ccccc1. The first-order valence-electron chi connectivity index (χ1n) is 5.89. The summed E-state index contributed by atoms with van der Waals surface area (Å²) in [5, 5.41) is 10.00. The van der Waals surface area contributed by atoms with Gasteiger partial charge in [-0.15, -0.1) is 5.10 Å². The number of nitrogens with zero attached hydrogens (tertiary/aromatic N) is 3. The summed E-state index contributed by atoms with van der Waals surface area (Å²) >= 11 is 0. The molecule has 0 aliphatic heterocycles. The Morgan fingerprint density at radius 1 is 1.25 bits per heavy atom. The van der Waals surface area contributed by atoms with E-state index >= 15 is 0 Å². The first-order chi connectivity index (χ1) is 9.61. The van der Waals surface area contributed by atoms with E-state index in [0.29, 0.717) is 6.54 Å². The number of rotatable bonds is 5. The molecule has 20 heavy (non-hydrogen) atoms. The minimum atomic E-state index is -0.767. The van der Waals surface area contributed by atoms with Gasteiger partial charge in [0.1, 0.15) is 0 Å². The number of primary amides is 1. The zero-order chi connectivity index (χ0) is 14.5. The summed E-state index contributed by atoms with van der Waals surface area (Å²) in [5.74, 6) is -1.07. The molecule has 0 spiro atoms.